The van der Waals surface area contributed by atoms with Crippen LogP contribution in [0.15, 0.2) is 48.8 Å². The summed E-state index contributed by atoms with van der Waals surface area (Å²) in [6, 6.07) is 11.6. The number of nitrogens with one attached hydrogen (secondary N) is 1. The van der Waals surface area contributed by atoms with Crippen molar-refractivity contribution in [3.8, 4) is 11.3 Å². The first-order chi connectivity index (χ1) is 10.7. The zero-order chi connectivity index (χ0) is 15.5. The number of rotatable bonds is 4. The molecule has 0 bridgehead atoms. The summed E-state index contributed by atoms with van der Waals surface area (Å²) in [5.41, 5.74) is 2.73. The van der Waals surface area contributed by atoms with Crippen molar-refractivity contribution in [2.75, 3.05) is 6.54 Å². The van der Waals surface area contributed by atoms with Gasteiger partial charge in [-0.05, 0) is 13.0 Å². The maximum atomic E-state index is 12.2. The number of fused-ring (bicyclic) bond motifs is 1. The number of amides is 1. The van der Waals surface area contributed by atoms with E-state index in [0.29, 0.717) is 11.2 Å². The van der Waals surface area contributed by atoms with Crippen molar-refractivity contribution in [3.63, 3.8) is 0 Å². The second kappa shape index (κ2) is 5.95. The molecule has 2 N–H and O–H groups in total. The lowest BCUT2D eigenvalue weighted by molar-refractivity contribution is 0.0925. The second-order valence-corrected chi connectivity index (χ2v) is 5.05. The summed E-state index contributed by atoms with van der Waals surface area (Å²) in [6.45, 7) is 1.80. The van der Waals surface area contributed by atoms with Crippen molar-refractivity contribution in [2.24, 2.45) is 0 Å². The molecule has 0 fully saturated rings. The van der Waals surface area contributed by atoms with Crippen LogP contribution in [0, 0.1) is 0 Å². The normalized spacial score (nSPS) is 12.3. The van der Waals surface area contributed by atoms with Crippen molar-refractivity contribution in [2.45, 2.75) is 13.0 Å². The number of benzene rings is 1. The van der Waals surface area contributed by atoms with Crippen molar-refractivity contribution >= 4 is 11.6 Å². The van der Waals surface area contributed by atoms with E-state index in [0.717, 1.165) is 11.3 Å². The minimum atomic E-state index is -0.598. The summed E-state index contributed by atoms with van der Waals surface area (Å²) >= 11 is 0. The molecular formula is C16H16N4O2. The smallest absolute Gasteiger partial charge is 0.256 e. The van der Waals surface area contributed by atoms with E-state index in [-0.39, 0.29) is 12.5 Å². The Morgan fingerprint density at radius 3 is 2.82 bits per heavy atom. The van der Waals surface area contributed by atoms with Crippen LogP contribution in [0.3, 0.4) is 0 Å². The Morgan fingerprint density at radius 1 is 1.32 bits per heavy atom. The first kappa shape index (κ1) is 14.2. The van der Waals surface area contributed by atoms with Crippen LogP contribution < -0.4 is 5.32 Å². The molecule has 3 rings (SSSR count). The second-order valence-electron chi connectivity index (χ2n) is 5.05. The fourth-order valence-electron chi connectivity index (χ4n) is 2.21. The van der Waals surface area contributed by atoms with Crippen LogP contribution >= 0.6 is 0 Å². The number of aliphatic hydroxyl groups excluding tert-OH is 1. The van der Waals surface area contributed by atoms with Gasteiger partial charge in [-0.2, -0.15) is 5.10 Å². The summed E-state index contributed by atoms with van der Waals surface area (Å²) in [4.78, 5) is 16.4. The standard InChI is InChI=1S/C16H16N4O2/c1-11(21)9-18-16(22)13-10-19-20-14(7-8-17-15(13)20)12-5-3-2-4-6-12/h2-8,10-11,21H,9H2,1H3,(H,18,22). The molecule has 0 spiro atoms. The summed E-state index contributed by atoms with van der Waals surface area (Å²) in [6.07, 6.45) is 2.55. The molecule has 112 valence electrons. The van der Waals surface area contributed by atoms with Crippen molar-refractivity contribution in [1.29, 1.82) is 0 Å². The van der Waals surface area contributed by atoms with Crippen LogP contribution in [0.2, 0.25) is 0 Å². The molecule has 0 saturated heterocycles. The van der Waals surface area contributed by atoms with E-state index in [9.17, 15) is 9.90 Å². The molecule has 6 nitrogen and oxygen atoms in total. The molecule has 0 aliphatic heterocycles. The van der Waals surface area contributed by atoms with Gasteiger partial charge in [0.1, 0.15) is 5.56 Å². The molecule has 6 heteroatoms. The topological polar surface area (TPSA) is 79.5 Å². The highest BCUT2D eigenvalue weighted by molar-refractivity contribution is 5.99. The fourth-order valence-corrected chi connectivity index (χ4v) is 2.21. The van der Waals surface area contributed by atoms with E-state index in [1.165, 1.54) is 6.20 Å². The van der Waals surface area contributed by atoms with Gasteiger partial charge in [0.05, 0.1) is 18.0 Å². The Morgan fingerprint density at radius 2 is 2.09 bits per heavy atom. The van der Waals surface area contributed by atoms with Gasteiger partial charge in [0.2, 0.25) is 0 Å². The van der Waals surface area contributed by atoms with E-state index in [4.69, 9.17) is 0 Å². The molecule has 0 aliphatic rings. The van der Waals surface area contributed by atoms with Crippen LogP contribution in [0.25, 0.3) is 16.9 Å². The third-order valence-electron chi connectivity index (χ3n) is 3.27. The zero-order valence-corrected chi connectivity index (χ0v) is 12.1. The van der Waals surface area contributed by atoms with Gasteiger partial charge in [-0.1, -0.05) is 30.3 Å². The predicted molar refractivity (Wildman–Crippen MR) is 82.4 cm³/mol. The molecule has 22 heavy (non-hydrogen) atoms. The Kier molecular flexibility index (Phi) is 3.84. The molecule has 3 aromatic rings. The van der Waals surface area contributed by atoms with Gasteiger partial charge in [0.15, 0.2) is 5.65 Å². The first-order valence-corrected chi connectivity index (χ1v) is 7.01. The number of hydrogen-bond donors (Lipinski definition) is 2. The third kappa shape index (κ3) is 2.68. The number of carbonyl (C=O) groups is 1. The molecule has 0 radical (unpaired) electrons. The molecule has 0 aliphatic carbocycles. The third-order valence-corrected chi connectivity index (χ3v) is 3.27. The Balaban J connectivity index is 2.01. The number of hydrogen-bond acceptors (Lipinski definition) is 4. The number of carbonyl (C=O) groups excluding carboxylic acids is 1. The Bertz CT molecular complexity index is 796. The van der Waals surface area contributed by atoms with Gasteiger partial charge in [0.25, 0.3) is 5.91 Å². The van der Waals surface area contributed by atoms with E-state index < -0.39 is 6.10 Å². The number of aliphatic hydroxyl groups is 1. The Hall–Kier alpha value is -2.73. The van der Waals surface area contributed by atoms with Crippen LogP contribution in [0.4, 0.5) is 0 Å². The van der Waals surface area contributed by atoms with E-state index in [1.807, 2.05) is 36.4 Å². The van der Waals surface area contributed by atoms with E-state index in [2.05, 4.69) is 15.4 Å². The summed E-state index contributed by atoms with van der Waals surface area (Å²) in [7, 11) is 0. The van der Waals surface area contributed by atoms with Crippen LogP contribution in [-0.2, 0) is 0 Å². The molecule has 1 unspecified atom stereocenters. The molecule has 2 aromatic heterocycles. The van der Waals surface area contributed by atoms with E-state index >= 15 is 0 Å². The van der Waals surface area contributed by atoms with Gasteiger partial charge < -0.3 is 10.4 Å². The first-order valence-electron chi connectivity index (χ1n) is 7.01. The van der Waals surface area contributed by atoms with Gasteiger partial charge in [-0.25, -0.2) is 9.50 Å². The lowest BCUT2D eigenvalue weighted by Crippen LogP contribution is -2.30. The highest BCUT2D eigenvalue weighted by Gasteiger charge is 2.16. The molecular weight excluding hydrogens is 280 g/mol. The minimum absolute atomic E-state index is 0.189. The van der Waals surface area contributed by atoms with Crippen LogP contribution in [-0.4, -0.2) is 38.3 Å². The van der Waals surface area contributed by atoms with Crippen molar-refractivity contribution in [1.82, 2.24) is 19.9 Å². The molecule has 1 amide bonds. The number of nitrogens with zero attached hydrogens (tertiary/aromatic N) is 3. The van der Waals surface area contributed by atoms with Crippen LogP contribution in [0.5, 0.6) is 0 Å². The van der Waals surface area contributed by atoms with Crippen molar-refractivity contribution in [3.05, 3.63) is 54.4 Å². The molecule has 1 atom stereocenters. The summed E-state index contributed by atoms with van der Waals surface area (Å²) in [5, 5.41) is 16.2. The lowest BCUT2D eigenvalue weighted by atomic mass is 10.1. The Labute approximate surface area is 127 Å². The summed E-state index contributed by atoms with van der Waals surface area (Å²) in [5.74, 6) is -0.298. The van der Waals surface area contributed by atoms with Crippen LogP contribution in [0.1, 0.15) is 17.3 Å². The molecule has 0 saturated carbocycles. The monoisotopic (exact) mass is 296 g/mol. The van der Waals surface area contributed by atoms with Gasteiger partial charge in [-0.3, -0.25) is 4.79 Å². The highest BCUT2D eigenvalue weighted by atomic mass is 16.3. The molecule has 1 aromatic carbocycles. The van der Waals surface area contributed by atoms with E-state index in [1.54, 1.807) is 17.6 Å². The largest absolute Gasteiger partial charge is 0.392 e. The number of aromatic nitrogens is 3. The van der Waals surface area contributed by atoms with Gasteiger partial charge in [-0.15, -0.1) is 0 Å². The molecule has 2 heterocycles. The van der Waals surface area contributed by atoms with Gasteiger partial charge in [0, 0.05) is 18.3 Å². The maximum Gasteiger partial charge on any atom is 0.256 e. The van der Waals surface area contributed by atoms with Gasteiger partial charge >= 0.3 is 0 Å². The fraction of sp³-hybridized carbons (Fsp3) is 0.188. The predicted octanol–water partition coefficient (Wildman–Crippen LogP) is 1.51. The minimum Gasteiger partial charge on any atom is -0.392 e. The SMILES string of the molecule is CC(O)CNC(=O)c1cnn2c(-c3ccccc3)ccnc12. The quantitative estimate of drug-likeness (QED) is 0.765. The average Bonchev–Trinajstić information content (AvgIpc) is 2.97. The lowest BCUT2D eigenvalue weighted by Gasteiger charge is -2.06. The summed E-state index contributed by atoms with van der Waals surface area (Å²) < 4.78 is 1.65. The van der Waals surface area contributed by atoms with Crippen molar-refractivity contribution < 1.29 is 9.90 Å². The highest BCUT2D eigenvalue weighted by Crippen LogP contribution is 2.20. The zero-order valence-electron chi connectivity index (χ0n) is 12.1. The average molecular weight is 296 g/mol. The maximum absolute atomic E-state index is 12.2.